The van der Waals surface area contributed by atoms with Crippen LogP contribution >= 0.6 is 23.1 Å². The molecule has 0 saturated heterocycles. The number of thioether (sulfide) groups is 1. The average molecular weight is 327 g/mol. The van der Waals surface area contributed by atoms with Gasteiger partial charge in [-0.3, -0.25) is 4.79 Å². The molecule has 5 nitrogen and oxygen atoms in total. The molecule has 1 aromatic heterocycles. The van der Waals surface area contributed by atoms with E-state index in [1.807, 2.05) is 11.4 Å². The van der Waals surface area contributed by atoms with Gasteiger partial charge in [-0.1, -0.05) is 6.08 Å². The van der Waals surface area contributed by atoms with Crippen molar-refractivity contribution in [3.63, 3.8) is 0 Å². The third-order valence-electron chi connectivity index (χ3n) is 3.05. The number of thiophene rings is 1. The molecule has 2 atom stereocenters. The van der Waals surface area contributed by atoms with E-state index in [0.717, 1.165) is 17.7 Å². The fourth-order valence-corrected chi connectivity index (χ4v) is 4.36. The molecule has 1 amide bonds. The molecule has 7 heteroatoms. The zero-order chi connectivity index (χ0) is 15.2. The number of amides is 1. The number of hydrogen-bond acceptors (Lipinski definition) is 5. The standard InChI is InChI=1S/C14H17NO4S2/c1-2-5-19-8-10(14(17)18)15-13(16)12-9-3-6-20-11(9)4-7-21-12/h2-3,6,10,12H,1,4-5,7-8H2,(H,15,16)(H,17,18). The molecule has 114 valence electrons. The first-order chi connectivity index (χ1) is 10.1. The quantitative estimate of drug-likeness (QED) is 0.590. The van der Waals surface area contributed by atoms with Crippen molar-refractivity contribution in [2.75, 3.05) is 19.0 Å². The zero-order valence-corrected chi connectivity index (χ0v) is 13.0. The van der Waals surface area contributed by atoms with Gasteiger partial charge >= 0.3 is 5.97 Å². The minimum absolute atomic E-state index is 0.0685. The van der Waals surface area contributed by atoms with Crippen LogP contribution in [0.2, 0.25) is 0 Å². The molecule has 2 rings (SSSR count). The molecule has 2 heterocycles. The highest BCUT2D eigenvalue weighted by Crippen LogP contribution is 2.39. The summed E-state index contributed by atoms with van der Waals surface area (Å²) in [6.07, 6.45) is 2.50. The number of carbonyl (C=O) groups excluding carboxylic acids is 1. The molecule has 1 aliphatic heterocycles. The highest BCUT2D eigenvalue weighted by molar-refractivity contribution is 8.00. The van der Waals surface area contributed by atoms with E-state index in [-0.39, 0.29) is 24.4 Å². The van der Waals surface area contributed by atoms with Gasteiger partial charge in [-0.05, 0) is 29.2 Å². The van der Waals surface area contributed by atoms with E-state index in [0.29, 0.717) is 0 Å². The summed E-state index contributed by atoms with van der Waals surface area (Å²) in [4.78, 5) is 24.7. The lowest BCUT2D eigenvalue weighted by atomic mass is 10.1. The maximum absolute atomic E-state index is 12.3. The smallest absolute Gasteiger partial charge is 0.328 e. The molecule has 0 fully saturated rings. The minimum Gasteiger partial charge on any atom is -0.480 e. The second-order valence-corrected chi connectivity index (χ2v) is 6.74. The van der Waals surface area contributed by atoms with Crippen LogP contribution in [0.25, 0.3) is 0 Å². The topological polar surface area (TPSA) is 75.6 Å². The summed E-state index contributed by atoms with van der Waals surface area (Å²) in [5.74, 6) is -0.497. The molecule has 21 heavy (non-hydrogen) atoms. The first-order valence-corrected chi connectivity index (χ1v) is 8.46. The van der Waals surface area contributed by atoms with E-state index in [1.54, 1.807) is 23.1 Å². The van der Waals surface area contributed by atoms with Crippen LogP contribution in [0.1, 0.15) is 15.7 Å². The Labute approximate surface area is 131 Å². The molecule has 0 aliphatic carbocycles. The monoisotopic (exact) mass is 327 g/mol. The Bertz CT molecular complexity index is 529. The molecule has 2 N–H and O–H groups in total. The molecular formula is C14H17NO4S2. The average Bonchev–Trinajstić information content (AvgIpc) is 2.94. The maximum Gasteiger partial charge on any atom is 0.328 e. The Balaban J connectivity index is 1.99. The number of aliphatic carboxylic acids is 1. The Hall–Kier alpha value is -1.31. The van der Waals surface area contributed by atoms with E-state index < -0.39 is 12.0 Å². The molecule has 0 radical (unpaired) electrons. The van der Waals surface area contributed by atoms with Gasteiger partial charge in [0.05, 0.1) is 13.2 Å². The van der Waals surface area contributed by atoms with Gasteiger partial charge in [-0.15, -0.1) is 29.7 Å². The van der Waals surface area contributed by atoms with Crippen molar-refractivity contribution in [3.8, 4) is 0 Å². The van der Waals surface area contributed by atoms with Crippen molar-refractivity contribution in [2.45, 2.75) is 17.7 Å². The van der Waals surface area contributed by atoms with Gasteiger partial charge in [0.25, 0.3) is 0 Å². The summed E-state index contributed by atoms with van der Waals surface area (Å²) in [7, 11) is 0. The third kappa shape index (κ3) is 4.09. The van der Waals surface area contributed by atoms with Gasteiger partial charge in [0.2, 0.25) is 5.91 Å². The second kappa shape index (κ2) is 7.63. The van der Waals surface area contributed by atoms with Crippen molar-refractivity contribution in [2.24, 2.45) is 0 Å². The first kappa shape index (κ1) is 16.1. The van der Waals surface area contributed by atoms with Crippen LogP contribution in [-0.4, -0.2) is 42.0 Å². The maximum atomic E-state index is 12.3. The van der Waals surface area contributed by atoms with Crippen molar-refractivity contribution < 1.29 is 19.4 Å². The van der Waals surface area contributed by atoms with Gasteiger partial charge in [-0.2, -0.15) is 0 Å². The largest absolute Gasteiger partial charge is 0.480 e. The van der Waals surface area contributed by atoms with Crippen LogP contribution in [0.4, 0.5) is 0 Å². The van der Waals surface area contributed by atoms with E-state index in [9.17, 15) is 9.59 Å². The molecular weight excluding hydrogens is 310 g/mol. The Morgan fingerprint density at radius 1 is 1.62 bits per heavy atom. The third-order valence-corrected chi connectivity index (χ3v) is 5.29. The summed E-state index contributed by atoms with van der Waals surface area (Å²) >= 11 is 3.19. The molecule has 0 bridgehead atoms. The highest BCUT2D eigenvalue weighted by Gasteiger charge is 2.31. The van der Waals surface area contributed by atoms with Gasteiger partial charge in [0, 0.05) is 4.88 Å². The van der Waals surface area contributed by atoms with Crippen molar-refractivity contribution >= 4 is 35.0 Å². The van der Waals surface area contributed by atoms with Crippen LogP contribution in [0.15, 0.2) is 24.1 Å². The minimum atomic E-state index is -1.10. The van der Waals surface area contributed by atoms with Gasteiger partial charge < -0.3 is 15.2 Å². The number of carboxylic acids is 1. The van der Waals surface area contributed by atoms with E-state index in [1.165, 1.54) is 11.0 Å². The van der Waals surface area contributed by atoms with Gasteiger partial charge in [0.1, 0.15) is 5.25 Å². The SMILES string of the molecule is C=CCOCC(NC(=O)C1SCCc2sccc21)C(=O)O. The molecule has 0 spiro atoms. The summed E-state index contributed by atoms with van der Waals surface area (Å²) in [5.41, 5.74) is 1.00. The molecule has 2 unspecified atom stereocenters. The van der Waals surface area contributed by atoms with Gasteiger partial charge in [0.15, 0.2) is 6.04 Å². The predicted molar refractivity (Wildman–Crippen MR) is 83.8 cm³/mol. The summed E-state index contributed by atoms with van der Waals surface area (Å²) < 4.78 is 5.13. The lowest BCUT2D eigenvalue weighted by Gasteiger charge is -2.23. The predicted octanol–water partition coefficient (Wildman–Crippen LogP) is 1.85. The van der Waals surface area contributed by atoms with E-state index in [2.05, 4.69) is 11.9 Å². The number of ether oxygens (including phenoxy) is 1. The number of nitrogens with one attached hydrogen (secondary N) is 1. The fourth-order valence-electron chi connectivity index (χ4n) is 2.05. The number of hydrogen-bond donors (Lipinski definition) is 2. The van der Waals surface area contributed by atoms with Crippen LogP contribution in [0.5, 0.6) is 0 Å². The first-order valence-electron chi connectivity index (χ1n) is 6.53. The Morgan fingerprint density at radius 3 is 3.14 bits per heavy atom. The number of carboxylic acid groups (broad SMARTS) is 1. The molecule has 1 aliphatic rings. The van der Waals surface area contributed by atoms with Crippen molar-refractivity contribution in [1.82, 2.24) is 5.32 Å². The lowest BCUT2D eigenvalue weighted by molar-refractivity contribution is -0.143. The summed E-state index contributed by atoms with van der Waals surface area (Å²) in [6.45, 7) is 3.68. The van der Waals surface area contributed by atoms with Gasteiger partial charge in [-0.25, -0.2) is 4.79 Å². The molecule has 1 aromatic rings. The normalized spacial score (nSPS) is 18.6. The Kier molecular flexibility index (Phi) is 5.84. The second-order valence-electron chi connectivity index (χ2n) is 4.53. The van der Waals surface area contributed by atoms with Crippen LogP contribution in [0.3, 0.4) is 0 Å². The summed E-state index contributed by atoms with van der Waals surface area (Å²) in [6, 6.07) is 0.905. The fraction of sp³-hybridized carbons (Fsp3) is 0.429. The van der Waals surface area contributed by atoms with E-state index >= 15 is 0 Å². The van der Waals surface area contributed by atoms with E-state index in [4.69, 9.17) is 9.84 Å². The van der Waals surface area contributed by atoms with Crippen molar-refractivity contribution in [1.29, 1.82) is 0 Å². The van der Waals surface area contributed by atoms with Crippen molar-refractivity contribution in [3.05, 3.63) is 34.5 Å². The molecule has 0 aromatic carbocycles. The number of carbonyl (C=O) groups is 2. The Morgan fingerprint density at radius 2 is 2.43 bits per heavy atom. The lowest BCUT2D eigenvalue weighted by Crippen LogP contribution is -2.45. The summed E-state index contributed by atoms with van der Waals surface area (Å²) in [5, 5.41) is 13.4. The molecule has 0 saturated carbocycles. The zero-order valence-electron chi connectivity index (χ0n) is 11.4. The van der Waals surface area contributed by atoms with Crippen LogP contribution in [-0.2, 0) is 20.7 Å². The highest BCUT2D eigenvalue weighted by atomic mass is 32.2. The van der Waals surface area contributed by atoms with Crippen LogP contribution < -0.4 is 5.32 Å². The number of fused-ring (bicyclic) bond motifs is 1. The number of rotatable bonds is 7. The van der Waals surface area contributed by atoms with Crippen LogP contribution in [0, 0.1) is 0 Å². The number of aryl methyl sites for hydroxylation is 1.